The van der Waals surface area contributed by atoms with E-state index in [4.69, 9.17) is 23.7 Å². The molecule has 4 fully saturated rings. The zero-order chi connectivity index (χ0) is 32.8. The van der Waals surface area contributed by atoms with Crippen LogP contribution in [0.3, 0.4) is 0 Å². The first-order valence-corrected chi connectivity index (χ1v) is 18.5. The van der Waals surface area contributed by atoms with Gasteiger partial charge in [0.05, 0.1) is 48.5 Å². The minimum absolute atomic E-state index is 0.0328. The first-order valence-electron chi connectivity index (χ1n) is 18.5. The molecule has 4 rings (SSSR count). The predicted octanol–water partition coefficient (Wildman–Crippen LogP) is 6.96. The van der Waals surface area contributed by atoms with Gasteiger partial charge in [-0.1, -0.05) is 47.5 Å². The van der Waals surface area contributed by atoms with Gasteiger partial charge in [-0.25, -0.2) is 0 Å². The Kier molecular flexibility index (Phi) is 13.6. The highest BCUT2D eigenvalue weighted by Gasteiger charge is 2.47. The molecule has 0 aromatic carbocycles. The molecule has 4 aliphatic rings. The highest BCUT2D eigenvalue weighted by molar-refractivity contribution is 5.73. The minimum Gasteiger partial charge on any atom is -0.462 e. The normalized spacial score (nSPS) is 41.2. The molecule has 0 aliphatic carbocycles. The molecular weight excluding hydrogens is 570 g/mol. The lowest BCUT2D eigenvalue weighted by Gasteiger charge is -2.38. The number of ether oxygens (including phenoxy) is 5. The summed E-state index contributed by atoms with van der Waals surface area (Å²) in [5.41, 5.74) is 0. The summed E-state index contributed by atoms with van der Waals surface area (Å²) >= 11 is 0. The fourth-order valence-electron chi connectivity index (χ4n) is 8.59. The maximum Gasteiger partial charge on any atom is 0.311 e. The maximum atomic E-state index is 13.9. The molecule has 0 spiro atoms. The number of rotatable bonds is 10. The van der Waals surface area contributed by atoms with E-state index in [1.165, 1.54) is 0 Å². The van der Waals surface area contributed by atoms with Gasteiger partial charge in [0.1, 0.15) is 12.2 Å². The molecule has 0 amide bonds. The van der Waals surface area contributed by atoms with Gasteiger partial charge in [-0.3, -0.25) is 9.59 Å². The van der Waals surface area contributed by atoms with Gasteiger partial charge in [-0.05, 0) is 92.2 Å². The van der Waals surface area contributed by atoms with Gasteiger partial charge in [0.2, 0.25) is 0 Å². The molecule has 4 bridgehead atoms. The van der Waals surface area contributed by atoms with Crippen molar-refractivity contribution in [3.63, 3.8) is 0 Å². The molecule has 4 saturated heterocycles. The second-order valence-electron chi connectivity index (χ2n) is 15.1. The molecule has 14 atom stereocenters. The van der Waals surface area contributed by atoms with E-state index in [1.54, 1.807) is 0 Å². The van der Waals surface area contributed by atoms with Crippen molar-refractivity contribution < 1.29 is 33.3 Å². The SMILES string of the molecule is CCC[C@H](C[C@@H]1CC[C@H]([C@@H](CC)[C@@H]2OC(=O)[C@@H](C)[C@H]3CC[C@H](O3)[C@@H](C)[C@H](CCC)OC(=O)[C@H](C)[C@H]3CC[C@H](O3)[C@H]2C)O1)N(C)C. The third-order valence-corrected chi connectivity index (χ3v) is 11.8. The van der Waals surface area contributed by atoms with E-state index in [-0.39, 0.29) is 90.4 Å². The smallest absolute Gasteiger partial charge is 0.311 e. The van der Waals surface area contributed by atoms with Crippen molar-refractivity contribution in [1.29, 1.82) is 0 Å². The van der Waals surface area contributed by atoms with Gasteiger partial charge in [0.15, 0.2) is 0 Å². The summed E-state index contributed by atoms with van der Waals surface area (Å²) in [6, 6.07) is 0.506. The molecule has 0 radical (unpaired) electrons. The second kappa shape index (κ2) is 16.7. The van der Waals surface area contributed by atoms with Gasteiger partial charge in [0.25, 0.3) is 0 Å². The molecule has 0 unspecified atom stereocenters. The standard InChI is InChI=1S/C37H65NO7/c1-10-13-26(38(8)9)21-27-15-16-34(41-27)28(12-3)35-23(5)31-18-20-32(43-31)24(6)36(39)44-29(14-11-2)22(4)30-17-19-33(42-30)25(7)37(40)45-35/h22-35H,10-21H2,1-9H3/t22-,23+,24+,25-,26+,27-,28+,29-,30-,31-,32+,33+,34+,35+/m0/s1. The number of fused-ring (bicyclic) bond motifs is 4. The van der Waals surface area contributed by atoms with Gasteiger partial charge in [-0.15, -0.1) is 0 Å². The molecule has 4 aliphatic heterocycles. The third kappa shape index (κ3) is 8.83. The predicted molar refractivity (Wildman–Crippen MR) is 176 cm³/mol. The van der Waals surface area contributed by atoms with Crippen molar-refractivity contribution in [2.24, 2.45) is 29.6 Å². The monoisotopic (exact) mass is 635 g/mol. The molecule has 0 aromatic rings. The largest absolute Gasteiger partial charge is 0.462 e. The summed E-state index contributed by atoms with van der Waals surface area (Å²) in [7, 11) is 4.33. The number of carbonyl (C=O) groups is 2. The lowest BCUT2D eigenvalue weighted by atomic mass is 9.81. The first kappa shape index (κ1) is 36.6. The molecule has 4 heterocycles. The maximum absolute atomic E-state index is 13.9. The Hall–Kier alpha value is -1.22. The van der Waals surface area contributed by atoms with E-state index in [2.05, 4.69) is 53.6 Å². The van der Waals surface area contributed by atoms with Gasteiger partial charge in [-0.2, -0.15) is 0 Å². The molecule has 0 aromatic heterocycles. The van der Waals surface area contributed by atoms with Crippen LogP contribution in [0.15, 0.2) is 0 Å². The molecule has 8 nitrogen and oxygen atoms in total. The van der Waals surface area contributed by atoms with Crippen LogP contribution in [0.4, 0.5) is 0 Å². The zero-order valence-corrected chi connectivity index (χ0v) is 29.9. The number of esters is 2. The van der Waals surface area contributed by atoms with Crippen LogP contribution in [0.1, 0.15) is 126 Å². The van der Waals surface area contributed by atoms with Gasteiger partial charge >= 0.3 is 11.9 Å². The Bertz CT molecular complexity index is 944. The van der Waals surface area contributed by atoms with Crippen molar-refractivity contribution in [3.05, 3.63) is 0 Å². The van der Waals surface area contributed by atoms with Crippen LogP contribution in [-0.4, -0.2) is 85.8 Å². The highest BCUT2D eigenvalue weighted by atomic mass is 16.6. The van der Waals surface area contributed by atoms with Crippen LogP contribution in [0, 0.1) is 29.6 Å². The Morgan fingerprint density at radius 2 is 1.29 bits per heavy atom. The lowest BCUT2D eigenvalue weighted by Crippen LogP contribution is -2.45. The summed E-state index contributed by atoms with van der Waals surface area (Å²) in [5, 5.41) is 0. The molecular formula is C37H65NO7. The fourth-order valence-corrected chi connectivity index (χ4v) is 8.59. The topological polar surface area (TPSA) is 83.5 Å². The van der Waals surface area contributed by atoms with Crippen molar-refractivity contribution in [1.82, 2.24) is 4.90 Å². The Morgan fingerprint density at radius 3 is 1.84 bits per heavy atom. The highest BCUT2D eigenvalue weighted by Crippen LogP contribution is 2.41. The molecule has 0 saturated carbocycles. The van der Waals surface area contributed by atoms with Gasteiger partial charge in [0, 0.05) is 23.8 Å². The third-order valence-electron chi connectivity index (χ3n) is 11.8. The van der Waals surface area contributed by atoms with Crippen LogP contribution < -0.4 is 0 Å². The average Bonchev–Trinajstić information content (AvgIpc) is 3.80. The summed E-state index contributed by atoms with van der Waals surface area (Å²) in [4.78, 5) is 29.7. The number of hydrogen-bond acceptors (Lipinski definition) is 8. The van der Waals surface area contributed by atoms with Crippen molar-refractivity contribution in [3.8, 4) is 0 Å². The zero-order valence-electron chi connectivity index (χ0n) is 29.9. The Labute approximate surface area is 274 Å². The molecule has 8 heteroatoms. The minimum atomic E-state index is -0.376. The number of nitrogens with zero attached hydrogens (tertiary/aromatic N) is 1. The van der Waals surface area contributed by atoms with E-state index in [0.717, 1.165) is 77.0 Å². The number of carbonyl (C=O) groups excluding carboxylic acids is 2. The quantitative estimate of drug-likeness (QED) is 0.238. The van der Waals surface area contributed by atoms with Crippen molar-refractivity contribution in [2.75, 3.05) is 14.1 Å². The summed E-state index contributed by atoms with van der Waals surface area (Å²) < 4.78 is 32.8. The van der Waals surface area contributed by atoms with Crippen LogP contribution in [0.5, 0.6) is 0 Å². The number of cyclic esters (lactones) is 2. The van der Waals surface area contributed by atoms with Crippen molar-refractivity contribution in [2.45, 2.75) is 180 Å². The van der Waals surface area contributed by atoms with E-state index in [1.807, 2.05) is 13.8 Å². The van der Waals surface area contributed by atoms with Crippen LogP contribution in [-0.2, 0) is 33.3 Å². The lowest BCUT2D eigenvalue weighted by molar-refractivity contribution is -0.178. The van der Waals surface area contributed by atoms with E-state index < -0.39 is 0 Å². The Morgan fingerprint density at radius 1 is 0.711 bits per heavy atom. The second-order valence-corrected chi connectivity index (χ2v) is 15.1. The van der Waals surface area contributed by atoms with E-state index in [9.17, 15) is 9.59 Å². The summed E-state index contributed by atoms with van der Waals surface area (Å²) in [6.07, 6.45) is 10.4. The van der Waals surface area contributed by atoms with Gasteiger partial charge < -0.3 is 28.6 Å². The summed E-state index contributed by atoms with van der Waals surface area (Å²) in [6.45, 7) is 14.8. The van der Waals surface area contributed by atoms with Crippen LogP contribution in [0.2, 0.25) is 0 Å². The van der Waals surface area contributed by atoms with E-state index in [0.29, 0.717) is 6.04 Å². The van der Waals surface area contributed by atoms with Crippen LogP contribution in [0.25, 0.3) is 0 Å². The molecule has 260 valence electrons. The van der Waals surface area contributed by atoms with E-state index >= 15 is 0 Å². The fraction of sp³-hybridized carbons (Fsp3) is 0.946. The molecule has 45 heavy (non-hydrogen) atoms. The van der Waals surface area contributed by atoms with Crippen molar-refractivity contribution >= 4 is 11.9 Å². The Balaban J connectivity index is 1.57. The average molecular weight is 636 g/mol. The molecule has 0 N–H and O–H groups in total. The summed E-state index contributed by atoms with van der Waals surface area (Å²) in [5.74, 6) is -0.996. The van der Waals surface area contributed by atoms with Crippen LogP contribution >= 0.6 is 0 Å². The number of hydrogen-bond donors (Lipinski definition) is 0. The first-order chi connectivity index (χ1) is 21.5.